The smallest absolute Gasteiger partial charge is 0.409 e. The second-order valence-corrected chi connectivity index (χ2v) is 6.27. The van der Waals surface area contributed by atoms with Crippen molar-refractivity contribution in [1.29, 1.82) is 0 Å². The Kier molecular flexibility index (Phi) is 6.82. The molecule has 2 rings (SSSR count). The van der Waals surface area contributed by atoms with Gasteiger partial charge in [0.1, 0.15) is 0 Å². The molecule has 1 heterocycles. The Morgan fingerprint density at radius 1 is 1.19 bits per heavy atom. The van der Waals surface area contributed by atoms with Gasteiger partial charge in [0.15, 0.2) is 0 Å². The number of likely N-dealkylation sites (tertiary alicyclic amines) is 1. The number of hydrogen-bond donors (Lipinski definition) is 3. The van der Waals surface area contributed by atoms with Crippen molar-refractivity contribution in [1.82, 2.24) is 10.2 Å². The number of benzene rings is 1. The van der Waals surface area contributed by atoms with E-state index < -0.39 is 0 Å². The fourth-order valence-corrected chi connectivity index (χ4v) is 2.80. The highest BCUT2D eigenvalue weighted by molar-refractivity contribution is 5.93. The van der Waals surface area contributed by atoms with Crippen molar-refractivity contribution >= 4 is 29.4 Å². The zero-order valence-corrected chi connectivity index (χ0v) is 15.4. The molecule has 1 aromatic carbocycles. The van der Waals surface area contributed by atoms with Gasteiger partial charge in [0.25, 0.3) is 0 Å². The Morgan fingerprint density at radius 2 is 1.88 bits per heavy atom. The van der Waals surface area contributed by atoms with Crippen molar-refractivity contribution < 1.29 is 19.1 Å². The lowest BCUT2D eigenvalue weighted by Gasteiger charge is -2.31. The number of carbonyl (C=O) groups excluding carboxylic acids is 3. The van der Waals surface area contributed by atoms with Crippen LogP contribution >= 0.6 is 0 Å². The summed E-state index contributed by atoms with van der Waals surface area (Å²) in [6.45, 7) is 6.56. The van der Waals surface area contributed by atoms with Gasteiger partial charge < -0.3 is 25.6 Å². The zero-order valence-electron chi connectivity index (χ0n) is 15.4. The molecule has 1 fully saturated rings. The number of carbonyl (C=O) groups is 3. The highest BCUT2D eigenvalue weighted by Gasteiger charge is 2.24. The van der Waals surface area contributed by atoms with Crippen molar-refractivity contribution in [2.45, 2.75) is 39.7 Å². The van der Waals surface area contributed by atoms with E-state index in [1.807, 2.05) is 13.0 Å². The molecule has 0 spiro atoms. The minimum Gasteiger partial charge on any atom is -0.450 e. The number of nitrogens with one attached hydrogen (secondary N) is 3. The molecule has 0 radical (unpaired) electrons. The number of aryl methyl sites for hydroxylation is 1. The first-order chi connectivity index (χ1) is 12.4. The summed E-state index contributed by atoms with van der Waals surface area (Å²) in [5, 5.41) is 8.44. The second-order valence-electron chi connectivity index (χ2n) is 6.27. The molecule has 3 N–H and O–H groups in total. The van der Waals surface area contributed by atoms with Crippen LogP contribution in [0.3, 0.4) is 0 Å². The third-order valence-electron chi connectivity index (χ3n) is 4.16. The lowest BCUT2D eigenvalue weighted by atomic mass is 10.1. The van der Waals surface area contributed by atoms with E-state index >= 15 is 0 Å². The zero-order chi connectivity index (χ0) is 19.1. The third kappa shape index (κ3) is 5.65. The van der Waals surface area contributed by atoms with Gasteiger partial charge in [-0.05, 0) is 44.4 Å². The molecule has 0 aromatic heterocycles. The van der Waals surface area contributed by atoms with E-state index in [0.29, 0.717) is 43.9 Å². The van der Waals surface area contributed by atoms with E-state index in [4.69, 9.17) is 4.74 Å². The average molecular weight is 362 g/mol. The number of nitrogens with zero attached hydrogens (tertiary/aromatic N) is 1. The van der Waals surface area contributed by atoms with Gasteiger partial charge in [-0.25, -0.2) is 9.59 Å². The first-order valence-electron chi connectivity index (χ1n) is 8.76. The summed E-state index contributed by atoms with van der Waals surface area (Å²) in [6, 6.07) is 5.03. The minimum atomic E-state index is -0.305. The maximum absolute atomic E-state index is 12.3. The summed E-state index contributed by atoms with van der Waals surface area (Å²) in [6.07, 6.45) is 1.05. The maximum Gasteiger partial charge on any atom is 0.409 e. The van der Waals surface area contributed by atoms with Crippen molar-refractivity contribution in [2.24, 2.45) is 0 Å². The van der Waals surface area contributed by atoms with Gasteiger partial charge in [-0.15, -0.1) is 0 Å². The molecule has 1 aromatic rings. The maximum atomic E-state index is 12.3. The lowest BCUT2D eigenvalue weighted by Crippen LogP contribution is -2.47. The predicted octanol–water partition coefficient (Wildman–Crippen LogP) is 2.70. The molecule has 1 saturated heterocycles. The van der Waals surface area contributed by atoms with Crippen LogP contribution in [0.25, 0.3) is 0 Å². The number of ether oxygens (including phenoxy) is 1. The van der Waals surface area contributed by atoms with Crippen LogP contribution in [0.1, 0.15) is 32.3 Å². The largest absolute Gasteiger partial charge is 0.450 e. The minimum absolute atomic E-state index is 0.000454. The van der Waals surface area contributed by atoms with Crippen molar-refractivity contribution in [3.8, 4) is 0 Å². The van der Waals surface area contributed by atoms with Crippen LogP contribution in [0.15, 0.2) is 18.2 Å². The molecular formula is C18H26N4O4. The summed E-state index contributed by atoms with van der Waals surface area (Å²) >= 11 is 0. The molecule has 1 aliphatic rings. The molecule has 8 heteroatoms. The summed E-state index contributed by atoms with van der Waals surface area (Å²) < 4.78 is 4.99. The van der Waals surface area contributed by atoms with Crippen LogP contribution in [-0.2, 0) is 9.53 Å². The van der Waals surface area contributed by atoms with Gasteiger partial charge in [-0.1, -0.05) is 6.07 Å². The first-order valence-corrected chi connectivity index (χ1v) is 8.76. The SMILES string of the molecule is CCOC(=O)N1CCC(NC(=O)Nc2cc(NC(C)=O)ccc2C)CC1. The molecule has 142 valence electrons. The molecular weight excluding hydrogens is 336 g/mol. The summed E-state index contributed by atoms with van der Waals surface area (Å²) in [4.78, 5) is 36.8. The fourth-order valence-electron chi connectivity index (χ4n) is 2.80. The Bertz CT molecular complexity index is 669. The monoisotopic (exact) mass is 362 g/mol. The van der Waals surface area contributed by atoms with Crippen molar-refractivity contribution in [2.75, 3.05) is 30.3 Å². The van der Waals surface area contributed by atoms with Gasteiger partial charge in [-0.3, -0.25) is 4.79 Å². The predicted molar refractivity (Wildman–Crippen MR) is 99.3 cm³/mol. The van der Waals surface area contributed by atoms with Crippen molar-refractivity contribution in [3.05, 3.63) is 23.8 Å². The van der Waals surface area contributed by atoms with Crippen LogP contribution in [0.4, 0.5) is 21.0 Å². The van der Waals surface area contributed by atoms with Crippen molar-refractivity contribution in [3.63, 3.8) is 0 Å². The van der Waals surface area contributed by atoms with E-state index in [2.05, 4.69) is 16.0 Å². The van der Waals surface area contributed by atoms with E-state index in [-0.39, 0.29) is 24.1 Å². The Labute approximate surface area is 153 Å². The van der Waals surface area contributed by atoms with Crippen LogP contribution in [0.2, 0.25) is 0 Å². The van der Waals surface area contributed by atoms with Crippen LogP contribution in [0, 0.1) is 6.92 Å². The number of hydrogen-bond acceptors (Lipinski definition) is 4. The molecule has 0 unspecified atom stereocenters. The number of rotatable bonds is 4. The first kappa shape index (κ1) is 19.6. The van der Waals surface area contributed by atoms with Gasteiger partial charge in [-0.2, -0.15) is 0 Å². The van der Waals surface area contributed by atoms with Crippen LogP contribution in [-0.4, -0.2) is 48.7 Å². The van der Waals surface area contributed by atoms with Crippen LogP contribution in [0.5, 0.6) is 0 Å². The molecule has 0 saturated carbocycles. The highest BCUT2D eigenvalue weighted by atomic mass is 16.6. The quantitative estimate of drug-likeness (QED) is 0.767. The number of piperidine rings is 1. The van der Waals surface area contributed by atoms with Crippen LogP contribution < -0.4 is 16.0 Å². The Morgan fingerprint density at radius 3 is 2.50 bits per heavy atom. The molecule has 4 amide bonds. The summed E-state index contributed by atoms with van der Waals surface area (Å²) in [5.41, 5.74) is 2.16. The van der Waals surface area contributed by atoms with E-state index in [1.165, 1.54) is 6.92 Å². The second kappa shape index (κ2) is 9.07. The summed E-state index contributed by atoms with van der Waals surface area (Å²) in [5.74, 6) is -0.169. The average Bonchev–Trinajstić information content (AvgIpc) is 2.58. The Balaban J connectivity index is 1.86. The molecule has 0 aliphatic carbocycles. The fraction of sp³-hybridized carbons (Fsp3) is 0.500. The van der Waals surface area contributed by atoms with E-state index in [1.54, 1.807) is 24.0 Å². The van der Waals surface area contributed by atoms with E-state index in [9.17, 15) is 14.4 Å². The topological polar surface area (TPSA) is 99.8 Å². The highest BCUT2D eigenvalue weighted by Crippen LogP contribution is 2.20. The molecule has 8 nitrogen and oxygen atoms in total. The van der Waals surface area contributed by atoms with E-state index in [0.717, 1.165) is 5.56 Å². The molecule has 1 aliphatic heterocycles. The molecule has 0 atom stereocenters. The number of urea groups is 1. The van der Waals surface area contributed by atoms with Gasteiger partial charge in [0.2, 0.25) is 5.91 Å². The number of amides is 4. The third-order valence-corrected chi connectivity index (χ3v) is 4.16. The number of anilines is 2. The molecule has 0 bridgehead atoms. The summed E-state index contributed by atoms with van der Waals surface area (Å²) in [7, 11) is 0. The molecule has 26 heavy (non-hydrogen) atoms. The van der Waals surface area contributed by atoms with Gasteiger partial charge in [0.05, 0.1) is 6.61 Å². The standard InChI is InChI=1S/C18H26N4O4/c1-4-26-18(25)22-9-7-14(8-10-22)20-17(24)21-16-11-15(19-13(3)23)6-5-12(16)2/h5-6,11,14H,4,7-10H2,1-3H3,(H,19,23)(H2,20,21,24). The van der Waals surface area contributed by atoms with Gasteiger partial charge in [0, 0.05) is 37.4 Å². The lowest BCUT2D eigenvalue weighted by molar-refractivity contribution is -0.114. The van der Waals surface area contributed by atoms with Gasteiger partial charge >= 0.3 is 12.1 Å². The normalized spacial score (nSPS) is 14.5. The Hall–Kier alpha value is -2.77.